The molecule has 2 aromatic heterocycles. The highest BCUT2D eigenvalue weighted by molar-refractivity contribution is 7.16. The third-order valence-corrected chi connectivity index (χ3v) is 5.06. The van der Waals surface area contributed by atoms with Crippen LogP contribution in [0.4, 0.5) is 5.69 Å². The van der Waals surface area contributed by atoms with Crippen molar-refractivity contribution in [1.29, 1.82) is 0 Å². The van der Waals surface area contributed by atoms with Crippen molar-refractivity contribution < 1.29 is 9.59 Å². The number of aromatic nitrogens is 4. The first-order chi connectivity index (χ1) is 11.6. The number of Topliss-reactive ketones (excluding diaryl/α,β-unsaturated/α-hetero) is 1. The van der Waals surface area contributed by atoms with Crippen LogP contribution in [0.1, 0.15) is 34.0 Å². The lowest BCUT2D eigenvalue weighted by atomic mass is 10.00. The molecule has 0 saturated carbocycles. The zero-order valence-electron chi connectivity index (χ0n) is 13.1. The lowest BCUT2D eigenvalue weighted by Crippen LogP contribution is -2.37. The van der Waals surface area contributed by atoms with Crippen LogP contribution in [0.3, 0.4) is 0 Å². The van der Waals surface area contributed by atoms with Gasteiger partial charge in [0.15, 0.2) is 11.6 Å². The molecule has 0 bridgehead atoms. The number of anilines is 1. The molecule has 1 aromatic carbocycles. The molecule has 0 aliphatic carbocycles. The lowest BCUT2D eigenvalue weighted by Gasteiger charge is -2.28. The number of ketones is 1. The first-order valence-electron chi connectivity index (χ1n) is 7.74. The summed E-state index contributed by atoms with van der Waals surface area (Å²) in [6.07, 6.45) is 1.28. The van der Waals surface area contributed by atoms with Crippen molar-refractivity contribution in [1.82, 2.24) is 19.8 Å². The van der Waals surface area contributed by atoms with E-state index < -0.39 is 0 Å². The summed E-state index contributed by atoms with van der Waals surface area (Å²) >= 11 is 1.45. The minimum Gasteiger partial charge on any atom is -0.311 e. The Kier molecular flexibility index (Phi) is 3.61. The quantitative estimate of drug-likeness (QED) is 0.728. The highest BCUT2D eigenvalue weighted by Crippen LogP contribution is 2.27. The minimum atomic E-state index is 0.0117. The van der Waals surface area contributed by atoms with E-state index in [0.29, 0.717) is 37.1 Å². The first-order valence-corrected chi connectivity index (χ1v) is 8.55. The van der Waals surface area contributed by atoms with Crippen molar-refractivity contribution in [2.24, 2.45) is 0 Å². The topological polar surface area (TPSA) is 80.5 Å². The van der Waals surface area contributed by atoms with Crippen LogP contribution in [-0.2, 0) is 11.2 Å². The molecule has 122 valence electrons. The van der Waals surface area contributed by atoms with Gasteiger partial charge in [-0.3, -0.25) is 9.59 Å². The van der Waals surface area contributed by atoms with E-state index in [9.17, 15) is 9.59 Å². The number of fused-ring (bicyclic) bond motifs is 2. The molecule has 3 aromatic rings. The largest absolute Gasteiger partial charge is 0.311 e. The number of benzene rings is 1. The Morgan fingerprint density at radius 3 is 2.96 bits per heavy atom. The van der Waals surface area contributed by atoms with Gasteiger partial charge in [0.25, 0.3) is 0 Å². The van der Waals surface area contributed by atoms with Crippen molar-refractivity contribution in [3.63, 3.8) is 0 Å². The van der Waals surface area contributed by atoms with Crippen LogP contribution in [0.15, 0.2) is 24.3 Å². The van der Waals surface area contributed by atoms with E-state index in [1.807, 2.05) is 25.1 Å². The van der Waals surface area contributed by atoms with Crippen molar-refractivity contribution in [2.75, 3.05) is 11.4 Å². The molecule has 0 unspecified atom stereocenters. The second-order valence-corrected chi connectivity index (χ2v) is 6.71. The van der Waals surface area contributed by atoms with E-state index in [0.717, 1.165) is 15.8 Å². The summed E-state index contributed by atoms with van der Waals surface area (Å²) in [6.45, 7) is 2.29. The average Bonchev–Trinajstić information content (AvgIpc) is 3.15. The van der Waals surface area contributed by atoms with E-state index in [2.05, 4.69) is 15.3 Å². The molecule has 3 heterocycles. The van der Waals surface area contributed by atoms with Gasteiger partial charge >= 0.3 is 0 Å². The van der Waals surface area contributed by atoms with E-state index in [-0.39, 0.29) is 11.7 Å². The first kappa shape index (κ1) is 14.9. The van der Waals surface area contributed by atoms with Gasteiger partial charge in [-0.05, 0) is 19.1 Å². The Morgan fingerprint density at radius 2 is 2.12 bits per heavy atom. The molecular formula is C16H15N5O2S. The van der Waals surface area contributed by atoms with E-state index in [4.69, 9.17) is 0 Å². The molecule has 0 atom stereocenters. The molecule has 0 N–H and O–H groups in total. The van der Waals surface area contributed by atoms with Crippen molar-refractivity contribution >= 4 is 33.7 Å². The number of amides is 1. The fourth-order valence-electron chi connectivity index (χ4n) is 2.88. The maximum Gasteiger partial charge on any atom is 0.234 e. The molecule has 0 radical (unpaired) electrons. The standard InChI is InChI=1S/C16H15N5O2S/c1-10-17-18-16-21(10)19-14(24-16)6-7-15(23)20-9-8-13(22)11-4-2-3-5-12(11)20/h2-5H,6-9H2,1H3. The normalized spacial score (nSPS) is 14.2. The average molecular weight is 341 g/mol. The number of carbonyl (C=O) groups is 2. The van der Waals surface area contributed by atoms with Gasteiger partial charge in [0.05, 0.1) is 5.69 Å². The number of nitrogens with zero attached hydrogens (tertiary/aromatic N) is 5. The van der Waals surface area contributed by atoms with Gasteiger partial charge in [-0.25, -0.2) is 0 Å². The van der Waals surface area contributed by atoms with Crippen LogP contribution < -0.4 is 4.90 Å². The number of para-hydroxylation sites is 1. The molecule has 8 heteroatoms. The van der Waals surface area contributed by atoms with Crippen LogP contribution in [0.5, 0.6) is 0 Å². The molecular weight excluding hydrogens is 326 g/mol. The summed E-state index contributed by atoms with van der Waals surface area (Å²) in [6, 6.07) is 7.29. The van der Waals surface area contributed by atoms with Crippen molar-refractivity contribution in [3.8, 4) is 0 Å². The Balaban J connectivity index is 1.50. The Morgan fingerprint density at radius 1 is 1.29 bits per heavy atom. The Hall–Kier alpha value is -2.61. The zero-order valence-corrected chi connectivity index (χ0v) is 13.9. The third kappa shape index (κ3) is 2.48. The number of aryl methyl sites for hydroxylation is 2. The van der Waals surface area contributed by atoms with E-state index in [1.165, 1.54) is 11.3 Å². The van der Waals surface area contributed by atoms with Gasteiger partial charge in [0.2, 0.25) is 10.9 Å². The van der Waals surface area contributed by atoms with Crippen molar-refractivity contribution in [2.45, 2.75) is 26.2 Å². The minimum absolute atomic E-state index is 0.0117. The maximum absolute atomic E-state index is 12.6. The number of hydrogen-bond donors (Lipinski definition) is 0. The number of carbonyl (C=O) groups excluding carboxylic acids is 2. The lowest BCUT2D eigenvalue weighted by molar-refractivity contribution is -0.118. The molecule has 1 aliphatic heterocycles. The molecule has 7 nitrogen and oxygen atoms in total. The maximum atomic E-state index is 12.6. The molecule has 0 saturated heterocycles. The SMILES string of the molecule is Cc1nnc2sc(CCC(=O)N3CCC(=O)c4ccccc43)nn12. The summed E-state index contributed by atoms with van der Waals surface area (Å²) in [5, 5.41) is 13.3. The van der Waals surface area contributed by atoms with Crippen LogP contribution in [0.25, 0.3) is 4.96 Å². The van der Waals surface area contributed by atoms with Crippen LogP contribution in [0, 0.1) is 6.92 Å². The predicted octanol–water partition coefficient (Wildman–Crippen LogP) is 2.05. The molecule has 24 heavy (non-hydrogen) atoms. The molecule has 1 amide bonds. The highest BCUT2D eigenvalue weighted by Gasteiger charge is 2.26. The van der Waals surface area contributed by atoms with E-state index in [1.54, 1.807) is 15.5 Å². The van der Waals surface area contributed by atoms with Gasteiger partial charge in [0, 0.05) is 31.4 Å². The third-order valence-electron chi connectivity index (χ3n) is 4.10. The number of hydrogen-bond acceptors (Lipinski definition) is 6. The second-order valence-electron chi connectivity index (χ2n) is 5.67. The fourth-order valence-corrected chi connectivity index (χ4v) is 3.75. The fraction of sp³-hybridized carbons (Fsp3) is 0.312. The Labute approximate surface area is 141 Å². The summed E-state index contributed by atoms with van der Waals surface area (Å²) in [5.41, 5.74) is 1.35. The van der Waals surface area contributed by atoms with Crippen LogP contribution in [-0.4, -0.2) is 38.0 Å². The molecule has 1 aliphatic rings. The zero-order chi connectivity index (χ0) is 16.7. The summed E-state index contributed by atoms with van der Waals surface area (Å²) in [7, 11) is 0. The number of rotatable bonds is 3. The van der Waals surface area contributed by atoms with Crippen LogP contribution in [0.2, 0.25) is 0 Å². The smallest absolute Gasteiger partial charge is 0.234 e. The molecule has 0 spiro atoms. The van der Waals surface area contributed by atoms with Gasteiger partial charge in [-0.15, -0.1) is 10.2 Å². The molecule has 4 rings (SSSR count). The van der Waals surface area contributed by atoms with Gasteiger partial charge in [-0.2, -0.15) is 9.61 Å². The molecule has 0 fully saturated rings. The van der Waals surface area contributed by atoms with Crippen LogP contribution >= 0.6 is 11.3 Å². The van der Waals surface area contributed by atoms with Gasteiger partial charge in [0.1, 0.15) is 5.01 Å². The van der Waals surface area contributed by atoms with E-state index >= 15 is 0 Å². The summed E-state index contributed by atoms with van der Waals surface area (Å²) in [4.78, 5) is 27.0. The van der Waals surface area contributed by atoms with Gasteiger partial charge < -0.3 is 4.90 Å². The Bertz CT molecular complexity index is 945. The van der Waals surface area contributed by atoms with Crippen molar-refractivity contribution in [3.05, 3.63) is 40.7 Å². The monoisotopic (exact) mass is 341 g/mol. The predicted molar refractivity (Wildman–Crippen MR) is 89.5 cm³/mol. The summed E-state index contributed by atoms with van der Waals surface area (Å²) < 4.78 is 1.69. The second kappa shape index (κ2) is 5.79. The summed E-state index contributed by atoms with van der Waals surface area (Å²) in [5.74, 6) is 0.846. The highest BCUT2D eigenvalue weighted by atomic mass is 32.1. The van der Waals surface area contributed by atoms with Gasteiger partial charge in [-0.1, -0.05) is 23.5 Å².